The minimum absolute atomic E-state index is 0.00146. The van der Waals surface area contributed by atoms with E-state index in [1.165, 1.54) is 6.07 Å². The number of aliphatic carboxylic acids is 1. The first kappa shape index (κ1) is 14.6. The Morgan fingerprint density at radius 3 is 2.59 bits per heavy atom. The molecule has 0 radical (unpaired) electrons. The Balaban J connectivity index is 3.00. The molecule has 0 aromatic carbocycles. The lowest BCUT2D eigenvalue weighted by atomic mass is 10.3. The zero-order valence-corrected chi connectivity index (χ0v) is 11.9. The molecule has 0 saturated carbocycles. The van der Waals surface area contributed by atoms with Gasteiger partial charge in [-0.3, -0.25) is 4.79 Å². The molecule has 1 heterocycles. The lowest BCUT2D eigenvalue weighted by molar-refractivity contribution is -0.139. The molecule has 96 valence electrons. The molecule has 6 nitrogen and oxygen atoms in total. The number of carboxylic acids is 1. The summed E-state index contributed by atoms with van der Waals surface area (Å²) in [6.07, 6.45) is 0. The fourth-order valence-corrected chi connectivity index (χ4v) is 4.40. The van der Waals surface area contributed by atoms with Gasteiger partial charge in [0.1, 0.15) is 10.3 Å². The number of hydrogen-bond donors (Lipinski definition) is 3. The summed E-state index contributed by atoms with van der Waals surface area (Å²) >= 11 is 4.16. The molecule has 0 aliphatic heterocycles. The van der Waals surface area contributed by atoms with E-state index in [-0.39, 0.29) is 4.21 Å². The highest BCUT2D eigenvalue weighted by atomic mass is 79.9. The van der Waals surface area contributed by atoms with Crippen LogP contribution in [0.25, 0.3) is 0 Å². The highest BCUT2D eigenvalue weighted by molar-refractivity contribution is 9.11. The van der Waals surface area contributed by atoms with Gasteiger partial charge in [0.25, 0.3) is 10.0 Å². The normalized spacial score (nSPS) is 13.6. The van der Waals surface area contributed by atoms with Crippen LogP contribution in [0.1, 0.15) is 5.56 Å². The predicted octanol–water partition coefficient (Wildman–Crippen LogP) is 0.543. The second-order valence-electron chi connectivity index (χ2n) is 3.22. The molecule has 0 spiro atoms. The first-order valence-corrected chi connectivity index (χ1v) is 7.49. The topological polar surface area (TPSA) is 104 Å². The second-order valence-corrected chi connectivity index (χ2v) is 7.53. The molecule has 0 fully saturated rings. The zero-order chi connectivity index (χ0) is 13.2. The minimum atomic E-state index is -3.92. The molecule has 1 aromatic heterocycles. The van der Waals surface area contributed by atoms with Gasteiger partial charge >= 0.3 is 5.97 Å². The van der Waals surface area contributed by atoms with E-state index >= 15 is 0 Å². The van der Waals surface area contributed by atoms with Crippen molar-refractivity contribution in [2.24, 2.45) is 0 Å². The fraction of sp³-hybridized carbons (Fsp3) is 0.375. The van der Waals surface area contributed by atoms with Crippen molar-refractivity contribution in [2.75, 3.05) is 6.61 Å². The van der Waals surface area contributed by atoms with Gasteiger partial charge in [-0.1, -0.05) is 0 Å². The fourth-order valence-electron chi connectivity index (χ4n) is 0.975. The maximum Gasteiger partial charge on any atom is 0.324 e. The van der Waals surface area contributed by atoms with Crippen LogP contribution in [0.4, 0.5) is 0 Å². The van der Waals surface area contributed by atoms with E-state index in [1.54, 1.807) is 6.92 Å². The molecule has 0 bridgehead atoms. The average molecular weight is 344 g/mol. The third kappa shape index (κ3) is 3.49. The largest absolute Gasteiger partial charge is 0.480 e. The summed E-state index contributed by atoms with van der Waals surface area (Å²) in [6, 6.07) is -0.117. The first-order valence-electron chi connectivity index (χ1n) is 4.40. The number of thiophene rings is 1. The van der Waals surface area contributed by atoms with E-state index in [1.807, 2.05) is 4.72 Å². The van der Waals surface area contributed by atoms with Crippen LogP contribution in [0, 0.1) is 6.92 Å². The van der Waals surface area contributed by atoms with Crippen LogP contribution in [-0.4, -0.2) is 37.2 Å². The van der Waals surface area contributed by atoms with Crippen molar-refractivity contribution in [3.8, 4) is 0 Å². The van der Waals surface area contributed by atoms with Gasteiger partial charge in [0, 0.05) is 0 Å². The van der Waals surface area contributed by atoms with E-state index < -0.39 is 28.6 Å². The van der Waals surface area contributed by atoms with Gasteiger partial charge in [0.05, 0.1) is 10.4 Å². The monoisotopic (exact) mass is 343 g/mol. The molecule has 17 heavy (non-hydrogen) atoms. The van der Waals surface area contributed by atoms with Gasteiger partial charge in [-0.15, -0.1) is 11.3 Å². The van der Waals surface area contributed by atoms with Crippen molar-refractivity contribution in [2.45, 2.75) is 17.2 Å². The third-order valence-electron chi connectivity index (χ3n) is 1.88. The number of carbonyl (C=O) groups is 1. The number of aliphatic hydroxyl groups excluding tert-OH is 1. The molecule has 3 N–H and O–H groups in total. The van der Waals surface area contributed by atoms with Crippen molar-refractivity contribution in [3.05, 3.63) is 15.4 Å². The Bertz CT molecular complexity index is 505. The van der Waals surface area contributed by atoms with Gasteiger partial charge < -0.3 is 10.2 Å². The lowest BCUT2D eigenvalue weighted by Crippen LogP contribution is -2.42. The number of aryl methyl sites for hydroxylation is 1. The quantitative estimate of drug-likeness (QED) is 0.723. The van der Waals surface area contributed by atoms with Crippen LogP contribution in [0.5, 0.6) is 0 Å². The Hall–Kier alpha value is -0.480. The molecule has 0 aliphatic carbocycles. The van der Waals surface area contributed by atoms with Gasteiger partial charge in [0.15, 0.2) is 0 Å². The lowest BCUT2D eigenvalue weighted by Gasteiger charge is -2.10. The number of rotatable bonds is 5. The maximum absolute atomic E-state index is 11.8. The van der Waals surface area contributed by atoms with Gasteiger partial charge in [-0.2, -0.15) is 4.72 Å². The molecule has 0 amide bonds. The number of hydrogen-bond acceptors (Lipinski definition) is 5. The van der Waals surface area contributed by atoms with Crippen molar-refractivity contribution in [1.29, 1.82) is 0 Å². The van der Waals surface area contributed by atoms with E-state index in [0.29, 0.717) is 3.79 Å². The summed E-state index contributed by atoms with van der Waals surface area (Å²) in [6.45, 7) is 0.917. The average Bonchev–Trinajstić information content (AvgIpc) is 2.56. The minimum Gasteiger partial charge on any atom is -0.480 e. The summed E-state index contributed by atoms with van der Waals surface area (Å²) in [7, 11) is -3.92. The summed E-state index contributed by atoms with van der Waals surface area (Å²) in [5.74, 6) is -1.43. The van der Waals surface area contributed by atoms with Crippen LogP contribution in [0.3, 0.4) is 0 Å². The maximum atomic E-state index is 11.8. The van der Waals surface area contributed by atoms with Crippen LogP contribution in [-0.2, 0) is 14.8 Å². The number of halogens is 1. The molecule has 0 saturated heterocycles. The highest BCUT2D eigenvalue weighted by Gasteiger charge is 2.26. The zero-order valence-electron chi connectivity index (χ0n) is 8.68. The van der Waals surface area contributed by atoms with Crippen LogP contribution in [0.15, 0.2) is 14.1 Å². The van der Waals surface area contributed by atoms with Crippen molar-refractivity contribution in [1.82, 2.24) is 4.72 Å². The molecule has 1 atom stereocenters. The molecule has 0 aliphatic rings. The van der Waals surface area contributed by atoms with Gasteiger partial charge in [-0.25, -0.2) is 8.42 Å². The van der Waals surface area contributed by atoms with Gasteiger partial charge in [0.2, 0.25) is 0 Å². The Kier molecular flexibility index (Phi) is 4.67. The summed E-state index contributed by atoms with van der Waals surface area (Å²) in [4.78, 5) is 10.6. The molecule has 1 rings (SSSR count). The van der Waals surface area contributed by atoms with Crippen molar-refractivity contribution < 1.29 is 23.4 Å². The molecular formula is C8H10BrNO5S2. The molecule has 1 unspecified atom stereocenters. The molecular weight excluding hydrogens is 334 g/mol. The van der Waals surface area contributed by atoms with Crippen LogP contribution < -0.4 is 4.72 Å². The summed E-state index contributed by atoms with van der Waals surface area (Å²) < 4.78 is 26.1. The van der Waals surface area contributed by atoms with E-state index in [0.717, 1.165) is 16.9 Å². The van der Waals surface area contributed by atoms with Crippen molar-refractivity contribution >= 4 is 43.3 Å². The third-order valence-corrected chi connectivity index (χ3v) is 5.96. The standard InChI is InChI=1S/C8H10BrNO5S2/c1-4-2-6(16-7(4)9)17(14,15)10-5(3-11)8(12)13/h2,5,10-11H,3H2,1H3,(H,12,13). The number of nitrogens with one attached hydrogen (secondary N) is 1. The highest BCUT2D eigenvalue weighted by Crippen LogP contribution is 2.30. The van der Waals surface area contributed by atoms with Gasteiger partial charge in [-0.05, 0) is 34.5 Å². The smallest absolute Gasteiger partial charge is 0.324 e. The number of aliphatic hydroxyl groups is 1. The van der Waals surface area contributed by atoms with Crippen LogP contribution >= 0.6 is 27.3 Å². The Labute approximate surface area is 110 Å². The first-order chi connectivity index (χ1) is 7.77. The SMILES string of the molecule is Cc1cc(S(=O)(=O)NC(CO)C(=O)O)sc1Br. The molecule has 1 aromatic rings. The Morgan fingerprint density at radius 2 is 2.24 bits per heavy atom. The molecule has 9 heteroatoms. The van der Waals surface area contributed by atoms with E-state index in [9.17, 15) is 13.2 Å². The summed E-state index contributed by atoms with van der Waals surface area (Å²) in [5, 5.41) is 17.4. The number of sulfonamides is 1. The van der Waals surface area contributed by atoms with E-state index in [4.69, 9.17) is 10.2 Å². The number of carboxylic acid groups (broad SMARTS) is 1. The predicted molar refractivity (Wildman–Crippen MR) is 65.6 cm³/mol. The van der Waals surface area contributed by atoms with E-state index in [2.05, 4.69) is 15.9 Å². The Morgan fingerprint density at radius 1 is 1.65 bits per heavy atom. The van der Waals surface area contributed by atoms with Crippen LogP contribution in [0.2, 0.25) is 0 Å². The summed E-state index contributed by atoms with van der Waals surface area (Å²) in [5.41, 5.74) is 0.742. The second kappa shape index (κ2) is 5.44. The van der Waals surface area contributed by atoms with Crippen molar-refractivity contribution in [3.63, 3.8) is 0 Å².